The molecule has 1 aromatic heterocycles. The highest BCUT2D eigenvalue weighted by Crippen LogP contribution is 2.14. The fraction of sp³-hybridized carbons (Fsp3) is 0.636. The number of anilines is 1. The van der Waals surface area contributed by atoms with Crippen LogP contribution in [0, 0.1) is 0 Å². The lowest BCUT2D eigenvalue weighted by Crippen LogP contribution is -2.49. The number of nitrogens with zero attached hydrogens (tertiary/aromatic N) is 1. The monoisotopic (exact) mass is 257 g/mol. The van der Waals surface area contributed by atoms with E-state index < -0.39 is 25.4 Å². The molecule has 1 heterocycles. The molecule has 7 nitrogen and oxygen atoms in total. The van der Waals surface area contributed by atoms with E-state index in [1.54, 1.807) is 0 Å². The van der Waals surface area contributed by atoms with Crippen molar-refractivity contribution >= 4 is 5.82 Å². The van der Waals surface area contributed by atoms with Crippen LogP contribution in [0.3, 0.4) is 0 Å². The first-order valence-corrected chi connectivity index (χ1v) is 5.68. The molecule has 0 saturated heterocycles. The van der Waals surface area contributed by atoms with Crippen LogP contribution < -0.4 is 10.9 Å². The first kappa shape index (κ1) is 14.6. The van der Waals surface area contributed by atoms with Gasteiger partial charge in [0.2, 0.25) is 0 Å². The van der Waals surface area contributed by atoms with Crippen LogP contribution in [0.1, 0.15) is 25.6 Å². The summed E-state index contributed by atoms with van der Waals surface area (Å²) in [7, 11) is 0. The van der Waals surface area contributed by atoms with Gasteiger partial charge in [-0.25, -0.2) is 4.98 Å². The molecule has 0 aliphatic heterocycles. The third-order valence-corrected chi connectivity index (χ3v) is 2.61. The number of rotatable bonds is 6. The number of aliphatic hydroxyl groups excluding tert-OH is 3. The van der Waals surface area contributed by atoms with Crippen molar-refractivity contribution in [2.75, 3.05) is 25.1 Å². The van der Waals surface area contributed by atoms with Crippen molar-refractivity contribution in [3.05, 3.63) is 22.2 Å². The van der Waals surface area contributed by atoms with Crippen molar-refractivity contribution < 1.29 is 15.3 Å². The number of nitrogens with one attached hydrogen (secondary N) is 2. The summed E-state index contributed by atoms with van der Waals surface area (Å²) in [5.41, 5.74) is -1.63. The SMILES string of the molecule is CC(C)c1nc(NC(CO)(CO)CO)cc(=O)[nH]1. The van der Waals surface area contributed by atoms with Gasteiger partial charge in [-0.1, -0.05) is 13.8 Å². The van der Waals surface area contributed by atoms with Gasteiger partial charge in [-0.05, 0) is 0 Å². The summed E-state index contributed by atoms with van der Waals surface area (Å²) in [6.07, 6.45) is 0. The summed E-state index contributed by atoms with van der Waals surface area (Å²) >= 11 is 0. The molecule has 0 amide bonds. The van der Waals surface area contributed by atoms with Crippen molar-refractivity contribution in [3.8, 4) is 0 Å². The van der Waals surface area contributed by atoms with E-state index in [1.807, 2.05) is 13.8 Å². The number of hydrogen-bond acceptors (Lipinski definition) is 6. The smallest absolute Gasteiger partial charge is 0.252 e. The van der Waals surface area contributed by atoms with Gasteiger partial charge in [-0.3, -0.25) is 4.79 Å². The summed E-state index contributed by atoms with van der Waals surface area (Å²) in [5, 5.41) is 30.3. The molecule has 1 aromatic rings. The second-order valence-corrected chi connectivity index (χ2v) is 4.55. The Labute approximate surface area is 105 Å². The number of H-pyrrole nitrogens is 1. The minimum absolute atomic E-state index is 0.0335. The summed E-state index contributed by atoms with van der Waals surface area (Å²) in [6, 6.07) is 1.21. The van der Waals surface area contributed by atoms with E-state index in [9.17, 15) is 20.1 Å². The maximum absolute atomic E-state index is 11.4. The van der Waals surface area contributed by atoms with Crippen LogP contribution in [0.5, 0.6) is 0 Å². The van der Waals surface area contributed by atoms with Crippen molar-refractivity contribution in [2.24, 2.45) is 0 Å². The third-order valence-electron chi connectivity index (χ3n) is 2.61. The van der Waals surface area contributed by atoms with Gasteiger partial charge in [0.15, 0.2) is 0 Å². The topological polar surface area (TPSA) is 118 Å². The van der Waals surface area contributed by atoms with Crippen LogP contribution in [0.15, 0.2) is 10.9 Å². The largest absolute Gasteiger partial charge is 0.394 e. The van der Waals surface area contributed by atoms with Crippen LogP contribution >= 0.6 is 0 Å². The molecular formula is C11H19N3O4. The Morgan fingerprint density at radius 1 is 1.33 bits per heavy atom. The Morgan fingerprint density at radius 3 is 2.33 bits per heavy atom. The normalized spacial score (nSPS) is 11.9. The quantitative estimate of drug-likeness (QED) is 0.447. The Bertz CT molecular complexity index is 432. The zero-order valence-electron chi connectivity index (χ0n) is 10.5. The predicted octanol–water partition coefficient (Wildman–Crippen LogP) is -0.979. The van der Waals surface area contributed by atoms with Gasteiger partial charge in [-0.15, -0.1) is 0 Å². The van der Waals surface area contributed by atoms with E-state index in [0.717, 1.165) is 0 Å². The van der Waals surface area contributed by atoms with Gasteiger partial charge in [-0.2, -0.15) is 0 Å². The summed E-state index contributed by atoms with van der Waals surface area (Å²) in [6.45, 7) is 2.31. The molecular weight excluding hydrogens is 238 g/mol. The highest BCUT2D eigenvalue weighted by atomic mass is 16.3. The van der Waals surface area contributed by atoms with Crippen LogP contribution in [0.25, 0.3) is 0 Å². The fourth-order valence-corrected chi connectivity index (χ4v) is 1.35. The molecule has 0 aliphatic rings. The van der Waals surface area contributed by atoms with E-state index in [0.29, 0.717) is 5.82 Å². The average molecular weight is 257 g/mol. The first-order chi connectivity index (χ1) is 8.46. The van der Waals surface area contributed by atoms with Gasteiger partial charge in [0.1, 0.15) is 17.2 Å². The molecule has 5 N–H and O–H groups in total. The summed E-state index contributed by atoms with van der Waals surface area (Å²) < 4.78 is 0. The molecule has 0 unspecified atom stereocenters. The Hall–Kier alpha value is -1.44. The van der Waals surface area contributed by atoms with E-state index in [2.05, 4.69) is 15.3 Å². The minimum Gasteiger partial charge on any atom is -0.394 e. The van der Waals surface area contributed by atoms with Crippen LogP contribution in [-0.4, -0.2) is 50.6 Å². The van der Waals surface area contributed by atoms with Crippen molar-refractivity contribution in [2.45, 2.75) is 25.3 Å². The number of aromatic nitrogens is 2. The minimum atomic E-state index is -1.30. The molecule has 0 saturated carbocycles. The van der Waals surface area contributed by atoms with Gasteiger partial charge >= 0.3 is 0 Å². The molecule has 0 spiro atoms. The van der Waals surface area contributed by atoms with Crippen LogP contribution in [0.4, 0.5) is 5.82 Å². The first-order valence-electron chi connectivity index (χ1n) is 5.68. The lowest BCUT2D eigenvalue weighted by molar-refractivity contribution is 0.0830. The van der Waals surface area contributed by atoms with Gasteiger partial charge in [0.25, 0.3) is 5.56 Å². The second-order valence-electron chi connectivity index (χ2n) is 4.55. The maximum Gasteiger partial charge on any atom is 0.252 e. The predicted molar refractivity (Wildman–Crippen MR) is 66.6 cm³/mol. The Morgan fingerprint density at radius 2 is 1.89 bits per heavy atom. The molecule has 7 heteroatoms. The summed E-state index contributed by atoms with van der Waals surface area (Å²) in [4.78, 5) is 18.2. The summed E-state index contributed by atoms with van der Waals surface area (Å²) in [5.74, 6) is 0.735. The highest BCUT2D eigenvalue weighted by molar-refractivity contribution is 5.37. The molecule has 0 aromatic carbocycles. The molecule has 1 rings (SSSR count). The van der Waals surface area contributed by atoms with E-state index in [1.165, 1.54) is 6.07 Å². The fourth-order valence-electron chi connectivity index (χ4n) is 1.35. The van der Waals surface area contributed by atoms with Crippen molar-refractivity contribution in [3.63, 3.8) is 0 Å². The van der Waals surface area contributed by atoms with E-state index >= 15 is 0 Å². The lowest BCUT2D eigenvalue weighted by atomic mass is 10.0. The molecule has 0 radical (unpaired) electrons. The average Bonchev–Trinajstić information content (AvgIpc) is 2.35. The van der Waals surface area contributed by atoms with Crippen molar-refractivity contribution in [1.82, 2.24) is 9.97 Å². The maximum atomic E-state index is 11.4. The number of hydrogen-bond donors (Lipinski definition) is 5. The molecule has 0 atom stereocenters. The molecule has 102 valence electrons. The highest BCUT2D eigenvalue weighted by Gasteiger charge is 2.28. The number of aliphatic hydroxyl groups is 3. The Kier molecular flexibility index (Phi) is 4.83. The van der Waals surface area contributed by atoms with Gasteiger partial charge in [0.05, 0.1) is 19.8 Å². The zero-order valence-corrected chi connectivity index (χ0v) is 10.5. The second kappa shape index (κ2) is 5.94. The number of aromatic amines is 1. The molecule has 0 bridgehead atoms. The molecule has 0 fully saturated rings. The molecule has 18 heavy (non-hydrogen) atoms. The molecule has 0 aliphatic carbocycles. The zero-order chi connectivity index (χ0) is 13.8. The van der Waals surface area contributed by atoms with E-state index in [-0.39, 0.29) is 17.3 Å². The van der Waals surface area contributed by atoms with Gasteiger partial charge in [0, 0.05) is 12.0 Å². The van der Waals surface area contributed by atoms with E-state index in [4.69, 9.17) is 0 Å². The van der Waals surface area contributed by atoms with Crippen molar-refractivity contribution in [1.29, 1.82) is 0 Å². The Balaban J connectivity index is 3.07. The lowest BCUT2D eigenvalue weighted by Gasteiger charge is -2.29. The third kappa shape index (κ3) is 3.28. The van der Waals surface area contributed by atoms with Crippen LogP contribution in [0.2, 0.25) is 0 Å². The standard InChI is InChI=1S/C11H19N3O4/c1-7(2)10-12-8(3-9(18)13-10)14-11(4-15,5-16)6-17/h3,7,15-17H,4-6H2,1-2H3,(H2,12,13,14,18). The van der Waals surface area contributed by atoms with Gasteiger partial charge < -0.3 is 25.6 Å². The van der Waals surface area contributed by atoms with Crippen LogP contribution in [-0.2, 0) is 0 Å².